The SMILES string of the molecule is CCS(=O)(=O)CCCOc1ccc(CBr)cc1Br. The van der Waals surface area contributed by atoms with Gasteiger partial charge in [0.15, 0.2) is 0 Å². The molecule has 0 saturated carbocycles. The Kier molecular flexibility index (Phi) is 6.66. The van der Waals surface area contributed by atoms with Crippen LogP contribution in [0.5, 0.6) is 5.75 Å². The molecule has 0 saturated heterocycles. The number of alkyl halides is 1. The van der Waals surface area contributed by atoms with Crippen LogP contribution in [0, 0.1) is 0 Å². The Labute approximate surface area is 125 Å². The van der Waals surface area contributed by atoms with Crippen LogP contribution in [0.1, 0.15) is 18.9 Å². The van der Waals surface area contributed by atoms with Crippen molar-refractivity contribution >= 4 is 41.7 Å². The van der Waals surface area contributed by atoms with Crippen molar-refractivity contribution in [2.75, 3.05) is 18.1 Å². The minimum Gasteiger partial charge on any atom is -0.492 e. The van der Waals surface area contributed by atoms with Crippen molar-refractivity contribution in [3.05, 3.63) is 28.2 Å². The smallest absolute Gasteiger partial charge is 0.150 e. The maximum Gasteiger partial charge on any atom is 0.150 e. The topological polar surface area (TPSA) is 43.4 Å². The predicted molar refractivity (Wildman–Crippen MR) is 81.2 cm³/mol. The Morgan fingerprint density at radius 1 is 1.33 bits per heavy atom. The Bertz CT molecular complexity index is 486. The van der Waals surface area contributed by atoms with E-state index in [-0.39, 0.29) is 11.5 Å². The molecule has 0 heterocycles. The zero-order valence-corrected chi connectivity index (χ0v) is 14.1. The second kappa shape index (κ2) is 7.50. The van der Waals surface area contributed by atoms with Gasteiger partial charge in [0.25, 0.3) is 0 Å². The van der Waals surface area contributed by atoms with Crippen LogP contribution in [0.25, 0.3) is 0 Å². The summed E-state index contributed by atoms with van der Waals surface area (Å²) in [4.78, 5) is 0. The zero-order valence-electron chi connectivity index (χ0n) is 10.2. The first-order valence-electron chi connectivity index (χ1n) is 5.66. The molecule has 0 unspecified atom stereocenters. The van der Waals surface area contributed by atoms with Gasteiger partial charge in [0, 0.05) is 11.1 Å². The average Bonchev–Trinajstić information content (AvgIpc) is 2.36. The lowest BCUT2D eigenvalue weighted by Gasteiger charge is -2.09. The molecule has 0 spiro atoms. The molecule has 0 aromatic heterocycles. The summed E-state index contributed by atoms with van der Waals surface area (Å²) in [5.74, 6) is 1.12. The minimum atomic E-state index is -2.89. The quantitative estimate of drug-likeness (QED) is 0.520. The van der Waals surface area contributed by atoms with Crippen LogP contribution >= 0.6 is 31.9 Å². The van der Waals surface area contributed by atoms with Crippen molar-refractivity contribution in [3.8, 4) is 5.75 Å². The summed E-state index contributed by atoms with van der Waals surface area (Å²) < 4.78 is 29.0. The van der Waals surface area contributed by atoms with Gasteiger partial charge < -0.3 is 4.74 Å². The van der Waals surface area contributed by atoms with E-state index in [0.717, 1.165) is 21.1 Å². The number of benzene rings is 1. The monoisotopic (exact) mass is 398 g/mol. The molecule has 18 heavy (non-hydrogen) atoms. The minimum absolute atomic E-state index is 0.181. The van der Waals surface area contributed by atoms with E-state index in [2.05, 4.69) is 31.9 Å². The van der Waals surface area contributed by atoms with Crippen LogP contribution in [-0.4, -0.2) is 26.5 Å². The van der Waals surface area contributed by atoms with Crippen molar-refractivity contribution in [2.45, 2.75) is 18.7 Å². The van der Waals surface area contributed by atoms with Gasteiger partial charge in [-0.3, -0.25) is 0 Å². The molecule has 6 heteroatoms. The van der Waals surface area contributed by atoms with E-state index in [9.17, 15) is 8.42 Å². The highest BCUT2D eigenvalue weighted by atomic mass is 79.9. The molecule has 1 aromatic rings. The van der Waals surface area contributed by atoms with Crippen molar-refractivity contribution in [3.63, 3.8) is 0 Å². The van der Waals surface area contributed by atoms with Crippen LogP contribution < -0.4 is 4.74 Å². The van der Waals surface area contributed by atoms with Gasteiger partial charge in [-0.1, -0.05) is 28.9 Å². The van der Waals surface area contributed by atoms with Gasteiger partial charge in [-0.05, 0) is 40.0 Å². The molecule has 0 fully saturated rings. The Balaban J connectivity index is 2.45. The molecule has 0 aliphatic heterocycles. The van der Waals surface area contributed by atoms with Gasteiger partial charge in [0.2, 0.25) is 0 Å². The van der Waals surface area contributed by atoms with E-state index >= 15 is 0 Å². The third-order valence-electron chi connectivity index (χ3n) is 2.45. The van der Waals surface area contributed by atoms with Gasteiger partial charge in [0.1, 0.15) is 15.6 Å². The summed E-state index contributed by atoms with van der Waals surface area (Å²) >= 11 is 6.81. The molecular weight excluding hydrogens is 384 g/mol. The summed E-state index contributed by atoms with van der Waals surface area (Å²) in [6, 6.07) is 5.83. The normalized spacial score (nSPS) is 11.5. The number of sulfone groups is 1. The molecule has 3 nitrogen and oxygen atoms in total. The zero-order chi connectivity index (χ0) is 13.6. The third kappa shape index (κ3) is 5.28. The summed E-state index contributed by atoms with van der Waals surface area (Å²) in [5.41, 5.74) is 1.16. The largest absolute Gasteiger partial charge is 0.492 e. The molecule has 0 aliphatic rings. The van der Waals surface area contributed by atoms with Crippen LogP contribution in [-0.2, 0) is 15.2 Å². The Morgan fingerprint density at radius 3 is 2.61 bits per heavy atom. The first kappa shape index (κ1) is 16.0. The highest BCUT2D eigenvalue weighted by molar-refractivity contribution is 9.10. The van der Waals surface area contributed by atoms with Crippen LogP contribution in [0.2, 0.25) is 0 Å². The summed E-state index contributed by atoms with van der Waals surface area (Å²) in [5, 5.41) is 0.792. The van der Waals surface area contributed by atoms with E-state index in [1.165, 1.54) is 0 Å². The van der Waals surface area contributed by atoms with Crippen molar-refractivity contribution in [1.29, 1.82) is 0 Å². The number of rotatable bonds is 7. The van der Waals surface area contributed by atoms with Gasteiger partial charge in [-0.25, -0.2) is 8.42 Å². The van der Waals surface area contributed by atoms with Crippen molar-refractivity contribution in [2.24, 2.45) is 0 Å². The van der Waals surface area contributed by atoms with E-state index in [1.807, 2.05) is 18.2 Å². The number of halogens is 2. The lowest BCUT2D eigenvalue weighted by atomic mass is 10.2. The maximum absolute atomic E-state index is 11.3. The second-order valence-electron chi connectivity index (χ2n) is 3.84. The van der Waals surface area contributed by atoms with Gasteiger partial charge in [0.05, 0.1) is 16.8 Å². The molecule has 0 N–H and O–H groups in total. The lowest BCUT2D eigenvalue weighted by molar-refractivity contribution is 0.315. The maximum atomic E-state index is 11.3. The molecule has 0 radical (unpaired) electrons. The van der Waals surface area contributed by atoms with Crippen molar-refractivity contribution < 1.29 is 13.2 Å². The molecule has 0 aliphatic carbocycles. The average molecular weight is 400 g/mol. The van der Waals surface area contributed by atoms with Gasteiger partial charge in [-0.15, -0.1) is 0 Å². The van der Waals surface area contributed by atoms with E-state index in [0.29, 0.717) is 13.0 Å². The fourth-order valence-corrected chi connectivity index (χ4v) is 3.09. The first-order valence-corrected chi connectivity index (χ1v) is 9.39. The van der Waals surface area contributed by atoms with E-state index in [1.54, 1.807) is 6.92 Å². The van der Waals surface area contributed by atoms with Crippen molar-refractivity contribution in [1.82, 2.24) is 0 Å². The molecule has 1 rings (SSSR count). The summed E-state index contributed by atoms with van der Waals surface area (Å²) in [6.07, 6.45) is 0.517. The Morgan fingerprint density at radius 2 is 2.06 bits per heavy atom. The number of ether oxygens (including phenoxy) is 1. The Hall–Kier alpha value is -0.0700. The fourth-order valence-electron chi connectivity index (χ4n) is 1.35. The van der Waals surface area contributed by atoms with E-state index in [4.69, 9.17) is 4.74 Å². The fraction of sp³-hybridized carbons (Fsp3) is 0.500. The summed E-state index contributed by atoms with van der Waals surface area (Å²) in [6.45, 7) is 2.07. The number of hydrogen-bond acceptors (Lipinski definition) is 3. The van der Waals surface area contributed by atoms with Crippen LogP contribution in [0.4, 0.5) is 0 Å². The van der Waals surface area contributed by atoms with Crippen LogP contribution in [0.15, 0.2) is 22.7 Å². The molecular formula is C12H16Br2O3S. The second-order valence-corrected chi connectivity index (χ2v) is 7.72. The molecule has 102 valence electrons. The molecule has 1 aromatic carbocycles. The molecule has 0 bridgehead atoms. The lowest BCUT2D eigenvalue weighted by Crippen LogP contribution is -2.11. The standard InChI is InChI=1S/C12H16Br2O3S/c1-2-18(15,16)7-3-6-17-12-5-4-10(9-13)8-11(12)14/h4-5,8H,2-3,6-7,9H2,1H3. The highest BCUT2D eigenvalue weighted by Crippen LogP contribution is 2.26. The third-order valence-corrected chi connectivity index (χ3v) is 5.51. The predicted octanol–water partition coefficient (Wildman–Crippen LogP) is 3.55. The first-order chi connectivity index (χ1) is 8.48. The molecule has 0 amide bonds. The van der Waals surface area contributed by atoms with E-state index < -0.39 is 9.84 Å². The highest BCUT2D eigenvalue weighted by Gasteiger charge is 2.07. The summed E-state index contributed by atoms with van der Waals surface area (Å²) in [7, 11) is -2.89. The van der Waals surface area contributed by atoms with Gasteiger partial charge >= 0.3 is 0 Å². The molecule has 0 atom stereocenters. The van der Waals surface area contributed by atoms with Crippen LogP contribution in [0.3, 0.4) is 0 Å². The number of hydrogen-bond donors (Lipinski definition) is 0. The van der Waals surface area contributed by atoms with Gasteiger partial charge in [-0.2, -0.15) is 0 Å².